The van der Waals surface area contributed by atoms with Gasteiger partial charge in [0, 0.05) is 0 Å². The van der Waals surface area contributed by atoms with E-state index in [0.29, 0.717) is 11.4 Å². The number of hydrogen-bond donors (Lipinski definition) is 3. The fraction of sp³-hybridized carbons (Fsp3) is 0.125. The van der Waals surface area contributed by atoms with Gasteiger partial charge < -0.3 is 10.1 Å². The predicted molar refractivity (Wildman–Crippen MR) is 83.4 cm³/mol. The zero-order valence-corrected chi connectivity index (χ0v) is 12.1. The first-order valence-corrected chi connectivity index (χ1v) is 6.70. The summed E-state index contributed by atoms with van der Waals surface area (Å²) in [5, 5.41) is 2.64. The van der Waals surface area contributed by atoms with E-state index in [1.807, 2.05) is 30.5 Å². The van der Waals surface area contributed by atoms with Crippen LogP contribution < -0.4 is 21.3 Å². The Morgan fingerprint density at radius 1 is 1.09 bits per heavy atom. The second-order valence-electron chi connectivity index (χ2n) is 4.62. The number of para-hydroxylation sites is 2. The zero-order chi connectivity index (χ0) is 15.9. The fourth-order valence-corrected chi connectivity index (χ4v) is 1.92. The van der Waals surface area contributed by atoms with Crippen molar-refractivity contribution in [3.63, 3.8) is 0 Å². The minimum absolute atomic E-state index is 0.149. The number of ether oxygens (including phenoxy) is 1. The van der Waals surface area contributed by atoms with Gasteiger partial charge in [0.15, 0.2) is 6.61 Å². The normalized spacial score (nSPS) is 9.91. The first-order valence-electron chi connectivity index (χ1n) is 6.70. The van der Waals surface area contributed by atoms with Crippen LogP contribution in [0.15, 0.2) is 48.5 Å². The molecule has 0 saturated heterocycles. The average Bonchev–Trinajstić information content (AvgIpc) is 2.54. The lowest BCUT2D eigenvalue weighted by molar-refractivity contribution is -0.118. The Labute approximate surface area is 128 Å². The van der Waals surface area contributed by atoms with Crippen LogP contribution >= 0.6 is 0 Å². The van der Waals surface area contributed by atoms with Crippen molar-refractivity contribution in [3.05, 3.63) is 59.7 Å². The molecule has 6 heteroatoms. The molecule has 0 aliphatic rings. The molecule has 0 radical (unpaired) electrons. The van der Waals surface area contributed by atoms with Crippen LogP contribution in [0, 0.1) is 6.92 Å². The van der Waals surface area contributed by atoms with Crippen LogP contribution in [0.4, 0.5) is 5.69 Å². The molecule has 114 valence electrons. The highest BCUT2D eigenvalue weighted by atomic mass is 16.5. The molecule has 2 aromatic rings. The van der Waals surface area contributed by atoms with Gasteiger partial charge >= 0.3 is 0 Å². The fourth-order valence-electron chi connectivity index (χ4n) is 1.92. The van der Waals surface area contributed by atoms with Crippen molar-refractivity contribution >= 4 is 17.5 Å². The lowest BCUT2D eigenvalue weighted by Crippen LogP contribution is -2.31. The maximum Gasteiger partial charge on any atom is 0.267 e. The standard InChI is InChI=1S/C16H17N3O3/c1-11-6-2-5-9-14(11)22-10-15(20)18-13-8-4-3-7-12(13)16(21)19-17/h2-9H,10,17H2,1H3,(H,18,20)(H,19,21). The summed E-state index contributed by atoms with van der Waals surface area (Å²) in [4.78, 5) is 23.6. The summed E-state index contributed by atoms with van der Waals surface area (Å²) in [7, 11) is 0. The molecule has 0 atom stereocenters. The summed E-state index contributed by atoms with van der Waals surface area (Å²) in [6.45, 7) is 1.75. The van der Waals surface area contributed by atoms with Gasteiger partial charge in [0.05, 0.1) is 11.3 Å². The monoisotopic (exact) mass is 299 g/mol. The highest BCUT2D eigenvalue weighted by Gasteiger charge is 2.12. The smallest absolute Gasteiger partial charge is 0.267 e. The number of nitrogens with one attached hydrogen (secondary N) is 2. The van der Waals surface area contributed by atoms with E-state index in [9.17, 15) is 9.59 Å². The highest BCUT2D eigenvalue weighted by molar-refractivity contribution is 6.03. The van der Waals surface area contributed by atoms with E-state index >= 15 is 0 Å². The lowest BCUT2D eigenvalue weighted by atomic mass is 10.1. The van der Waals surface area contributed by atoms with Gasteiger partial charge in [-0.05, 0) is 30.7 Å². The van der Waals surface area contributed by atoms with Crippen molar-refractivity contribution in [2.24, 2.45) is 5.84 Å². The Hall–Kier alpha value is -2.86. The third-order valence-electron chi connectivity index (χ3n) is 3.03. The van der Waals surface area contributed by atoms with Crippen LogP contribution in [-0.2, 0) is 4.79 Å². The van der Waals surface area contributed by atoms with Gasteiger partial charge in [-0.1, -0.05) is 30.3 Å². The molecule has 0 aromatic heterocycles. The summed E-state index contributed by atoms with van der Waals surface area (Å²) in [6, 6.07) is 14.0. The minimum atomic E-state index is -0.476. The molecule has 0 unspecified atom stereocenters. The molecule has 0 aliphatic heterocycles. The SMILES string of the molecule is Cc1ccccc1OCC(=O)Nc1ccccc1C(=O)NN. The lowest BCUT2D eigenvalue weighted by Gasteiger charge is -2.11. The highest BCUT2D eigenvalue weighted by Crippen LogP contribution is 2.17. The molecule has 0 bridgehead atoms. The second-order valence-corrected chi connectivity index (χ2v) is 4.62. The molecule has 0 aliphatic carbocycles. The largest absolute Gasteiger partial charge is 0.483 e. The topological polar surface area (TPSA) is 93.4 Å². The van der Waals surface area contributed by atoms with Gasteiger partial charge in [-0.15, -0.1) is 0 Å². The van der Waals surface area contributed by atoms with Crippen LogP contribution in [0.2, 0.25) is 0 Å². The van der Waals surface area contributed by atoms with Gasteiger partial charge in [0.25, 0.3) is 11.8 Å². The number of carbonyl (C=O) groups excluding carboxylic acids is 2. The molecule has 2 aromatic carbocycles. The summed E-state index contributed by atoms with van der Waals surface area (Å²) in [5.74, 6) is 4.93. The number of rotatable bonds is 5. The summed E-state index contributed by atoms with van der Waals surface area (Å²) < 4.78 is 5.46. The zero-order valence-electron chi connectivity index (χ0n) is 12.1. The number of amides is 2. The molecule has 2 rings (SSSR count). The van der Waals surface area contributed by atoms with E-state index in [1.54, 1.807) is 30.3 Å². The molecule has 4 N–H and O–H groups in total. The molecule has 0 heterocycles. The van der Waals surface area contributed by atoms with Crippen molar-refractivity contribution in [1.82, 2.24) is 5.43 Å². The van der Waals surface area contributed by atoms with E-state index in [0.717, 1.165) is 5.56 Å². The first kappa shape index (κ1) is 15.5. The predicted octanol–water partition coefficient (Wildman–Crippen LogP) is 1.62. The van der Waals surface area contributed by atoms with Crippen molar-refractivity contribution in [2.75, 3.05) is 11.9 Å². The van der Waals surface area contributed by atoms with E-state index in [4.69, 9.17) is 10.6 Å². The third-order valence-corrected chi connectivity index (χ3v) is 3.03. The van der Waals surface area contributed by atoms with Crippen molar-refractivity contribution < 1.29 is 14.3 Å². The number of nitrogen functional groups attached to an aromatic ring is 1. The molecule has 0 saturated carbocycles. The number of nitrogens with two attached hydrogens (primary N) is 1. The quantitative estimate of drug-likeness (QED) is 0.444. The molecule has 22 heavy (non-hydrogen) atoms. The maximum atomic E-state index is 12.0. The second kappa shape index (κ2) is 7.24. The van der Waals surface area contributed by atoms with E-state index in [2.05, 4.69) is 5.32 Å². The average molecular weight is 299 g/mol. The number of carbonyl (C=O) groups is 2. The van der Waals surface area contributed by atoms with E-state index in [1.165, 1.54) is 0 Å². The summed E-state index contributed by atoms with van der Waals surface area (Å²) in [5.41, 5.74) is 3.65. The summed E-state index contributed by atoms with van der Waals surface area (Å²) >= 11 is 0. The Bertz CT molecular complexity index is 686. The van der Waals surface area contributed by atoms with Crippen LogP contribution in [-0.4, -0.2) is 18.4 Å². The molecule has 6 nitrogen and oxygen atoms in total. The maximum absolute atomic E-state index is 12.0. The van der Waals surface area contributed by atoms with E-state index < -0.39 is 5.91 Å². The number of hydrazine groups is 1. The summed E-state index contributed by atoms with van der Waals surface area (Å²) in [6.07, 6.45) is 0. The van der Waals surface area contributed by atoms with Crippen LogP contribution in [0.1, 0.15) is 15.9 Å². The Morgan fingerprint density at radius 2 is 1.77 bits per heavy atom. The van der Waals surface area contributed by atoms with Crippen LogP contribution in [0.25, 0.3) is 0 Å². The number of benzene rings is 2. The van der Waals surface area contributed by atoms with Crippen molar-refractivity contribution in [2.45, 2.75) is 6.92 Å². The van der Waals surface area contributed by atoms with Crippen LogP contribution in [0.5, 0.6) is 5.75 Å². The van der Waals surface area contributed by atoms with Gasteiger partial charge in [0.1, 0.15) is 5.75 Å². The van der Waals surface area contributed by atoms with E-state index in [-0.39, 0.29) is 18.1 Å². The number of hydrogen-bond acceptors (Lipinski definition) is 4. The van der Waals surface area contributed by atoms with Gasteiger partial charge in [-0.3, -0.25) is 15.0 Å². The van der Waals surface area contributed by atoms with Crippen molar-refractivity contribution in [3.8, 4) is 5.75 Å². The molecular formula is C16H17N3O3. The van der Waals surface area contributed by atoms with Crippen LogP contribution in [0.3, 0.4) is 0 Å². The molecule has 0 spiro atoms. The first-order chi connectivity index (χ1) is 10.6. The third kappa shape index (κ3) is 3.83. The molecular weight excluding hydrogens is 282 g/mol. The molecule has 2 amide bonds. The van der Waals surface area contributed by atoms with Gasteiger partial charge in [0.2, 0.25) is 0 Å². The molecule has 0 fully saturated rings. The Kier molecular flexibility index (Phi) is 5.11. The van der Waals surface area contributed by atoms with Crippen molar-refractivity contribution in [1.29, 1.82) is 0 Å². The number of aryl methyl sites for hydroxylation is 1. The minimum Gasteiger partial charge on any atom is -0.483 e. The van der Waals surface area contributed by atoms with Gasteiger partial charge in [-0.25, -0.2) is 5.84 Å². The Balaban J connectivity index is 2.01. The Morgan fingerprint density at radius 3 is 2.50 bits per heavy atom. The van der Waals surface area contributed by atoms with Gasteiger partial charge in [-0.2, -0.15) is 0 Å². The number of anilines is 1.